The smallest absolute Gasteiger partial charge is 0.0189 e. The van der Waals surface area contributed by atoms with E-state index in [9.17, 15) is 0 Å². The van der Waals surface area contributed by atoms with Crippen molar-refractivity contribution in [1.29, 1.82) is 0 Å². The van der Waals surface area contributed by atoms with Crippen molar-refractivity contribution < 1.29 is 0 Å². The lowest BCUT2D eigenvalue weighted by atomic mass is 10.3. The second kappa shape index (κ2) is 4.77. The normalized spacial score (nSPS) is 14.3. The van der Waals surface area contributed by atoms with Crippen LogP contribution in [0, 0.1) is 0 Å². The fourth-order valence-electron chi connectivity index (χ4n) is 0.996. The number of hydrogen-bond donors (Lipinski definition) is 1. The molecule has 0 rings (SSSR count). The minimum atomic E-state index is 0.542. The van der Waals surface area contributed by atoms with Gasteiger partial charge in [-0.3, -0.25) is 4.90 Å². The van der Waals surface area contributed by atoms with Crippen molar-refractivity contribution in [2.45, 2.75) is 26.8 Å². The molecule has 0 aromatic rings. The lowest BCUT2D eigenvalue weighted by Gasteiger charge is -2.24. The van der Waals surface area contributed by atoms with Gasteiger partial charge >= 0.3 is 0 Å². The first-order valence-electron chi connectivity index (χ1n) is 3.70. The molecule has 0 saturated carbocycles. The molecular weight excluding hydrogens is 112 g/mol. The summed E-state index contributed by atoms with van der Waals surface area (Å²) in [6, 6.07) is 0.542. The SMILES string of the molecule is CCN(CC)[C@@H](C)CN. The maximum Gasteiger partial charge on any atom is 0.0189 e. The molecule has 0 bridgehead atoms. The van der Waals surface area contributed by atoms with Crippen molar-refractivity contribution in [3.8, 4) is 0 Å². The van der Waals surface area contributed by atoms with E-state index in [1.165, 1.54) is 0 Å². The summed E-state index contributed by atoms with van der Waals surface area (Å²) in [4.78, 5) is 2.35. The number of nitrogens with two attached hydrogens (primary N) is 1. The molecule has 0 aromatic heterocycles. The minimum absolute atomic E-state index is 0.542. The van der Waals surface area contributed by atoms with Gasteiger partial charge in [0, 0.05) is 12.6 Å². The van der Waals surface area contributed by atoms with Crippen molar-refractivity contribution in [3.63, 3.8) is 0 Å². The first-order valence-corrected chi connectivity index (χ1v) is 3.70. The molecule has 0 heterocycles. The first-order chi connectivity index (χ1) is 4.26. The molecule has 0 aliphatic heterocycles. The van der Waals surface area contributed by atoms with Crippen molar-refractivity contribution in [3.05, 3.63) is 0 Å². The molecule has 0 aliphatic carbocycles. The third-order valence-electron chi connectivity index (χ3n) is 1.78. The van der Waals surface area contributed by atoms with E-state index in [4.69, 9.17) is 5.73 Å². The van der Waals surface area contributed by atoms with Gasteiger partial charge in [-0.25, -0.2) is 0 Å². The Bertz CT molecular complexity index is 59.9. The Labute approximate surface area is 58.0 Å². The summed E-state index contributed by atoms with van der Waals surface area (Å²) >= 11 is 0. The van der Waals surface area contributed by atoms with E-state index in [1.807, 2.05) is 0 Å². The quantitative estimate of drug-likeness (QED) is 0.606. The largest absolute Gasteiger partial charge is 0.329 e. The number of nitrogens with zero attached hydrogens (tertiary/aromatic N) is 1. The van der Waals surface area contributed by atoms with Crippen LogP contribution in [0.15, 0.2) is 0 Å². The van der Waals surface area contributed by atoms with Gasteiger partial charge in [0.2, 0.25) is 0 Å². The van der Waals surface area contributed by atoms with Gasteiger partial charge < -0.3 is 5.73 Å². The maximum absolute atomic E-state index is 5.48. The summed E-state index contributed by atoms with van der Waals surface area (Å²) in [7, 11) is 0. The van der Waals surface area contributed by atoms with E-state index in [1.54, 1.807) is 0 Å². The van der Waals surface area contributed by atoms with Crippen LogP contribution in [0.2, 0.25) is 0 Å². The zero-order valence-corrected chi connectivity index (χ0v) is 6.72. The van der Waals surface area contributed by atoms with Crippen LogP contribution in [0.25, 0.3) is 0 Å². The Morgan fingerprint density at radius 3 is 1.89 bits per heavy atom. The fourth-order valence-corrected chi connectivity index (χ4v) is 0.996. The zero-order chi connectivity index (χ0) is 7.28. The van der Waals surface area contributed by atoms with Gasteiger partial charge in [-0.05, 0) is 20.0 Å². The van der Waals surface area contributed by atoms with Crippen LogP contribution in [-0.2, 0) is 0 Å². The van der Waals surface area contributed by atoms with E-state index in [2.05, 4.69) is 25.7 Å². The first kappa shape index (κ1) is 8.92. The molecule has 2 N–H and O–H groups in total. The molecular formula is C7H18N2. The van der Waals surface area contributed by atoms with Crippen LogP contribution < -0.4 is 5.73 Å². The zero-order valence-electron chi connectivity index (χ0n) is 6.72. The summed E-state index contributed by atoms with van der Waals surface area (Å²) in [5, 5.41) is 0. The second-order valence-electron chi connectivity index (χ2n) is 2.31. The van der Waals surface area contributed by atoms with Gasteiger partial charge in [-0.15, -0.1) is 0 Å². The summed E-state index contributed by atoms with van der Waals surface area (Å²) in [6.07, 6.45) is 0. The molecule has 0 amide bonds. The van der Waals surface area contributed by atoms with Crippen molar-refractivity contribution in [1.82, 2.24) is 4.90 Å². The molecule has 0 radical (unpaired) electrons. The number of likely N-dealkylation sites (N-methyl/N-ethyl adjacent to an activating group) is 1. The third-order valence-corrected chi connectivity index (χ3v) is 1.78. The minimum Gasteiger partial charge on any atom is -0.329 e. The van der Waals surface area contributed by atoms with E-state index in [0.717, 1.165) is 19.6 Å². The highest BCUT2D eigenvalue weighted by Crippen LogP contribution is 1.94. The summed E-state index contributed by atoms with van der Waals surface area (Å²) in [6.45, 7) is 9.46. The van der Waals surface area contributed by atoms with Crippen molar-refractivity contribution in [2.75, 3.05) is 19.6 Å². The Morgan fingerprint density at radius 1 is 1.33 bits per heavy atom. The molecule has 0 saturated heterocycles. The molecule has 2 nitrogen and oxygen atoms in total. The molecule has 0 unspecified atom stereocenters. The average molecular weight is 130 g/mol. The average Bonchev–Trinajstić information content (AvgIpc) is 1.90. The Balaban J connectivity index is 3.50. The lowest BCUT2D eigenvalue weighted by Crippen LogP contribution is -2.37. The molecule has 2 heteroatoms. The molecule has 0 aliphatic rings. The molecule has 1 atom stereocenters. The van der Waals surface area contributed by atoms with E-state index in [-0.39, 0.29) is 0 Å². The van der Waals surface area contributed by atoms with Gasteiger partial charge in [0.1, 0.15) is 0 Å². The summed E-state index contributed by atoms with van der Waals surface area (Å²) in [5.74, 6) is 0. The molecule has 0 spiro atoms. The monoisotopic (exact) mass is 130 g/mol. The van der Waals surface area contributed by atoms with Crippen LogP contribution in [0.5, 0.6) is 0 Å². The lowest BCUT2D eigenvalue weighted by molar-refractivity contribution is 0.236. The Kier molecular flexibility index (Phi) is 4.72. The Morgan fingerprint density at radius 2 is 1.78 bits per heavy atom. The van der Waals surface area contributed by atoms with Crippen LogP contribution >= 0.6 is 0 Å². The van der Waals surface area contributed by atoms with Gasteiger partial charge in [0.15, 0.2) is 0 Å². The topological polar surface area (TPSA) is 29.3 Å². The van der Waals surface area contributed by atoms with Crippen molar-refractivity contribution in [2.24, 2.45) is 5.73 Å². The molecule has 0 fully saturated rings. The number of rotatable bonds is 4. The highest BCUT2D eigenvalue weighted by atomic mass is 15.1. The highest BCUT2D eigenvalue weighted by molar-refractivity contribution is 4.63. The van der Waals surface area contributed by atoms with Crippen LogP contribution in [-0.4, -0.2) is 30.6 Å². The highest BCUT2D eigenvalue weighted by Gasteiger charge is 2.05. The second-order valence-corrected chi connectivity index (χ2v) is 2.31. The third kappa shape index (κ3) is 2.82. The molecule has 56 valence electrons. The fraction of sp³-hybridized carbons (Fsp3) is 1.00. The number of hydrogen-bond acceptors (Lipinski definition) is 2. The van der Waals surface area contributed by atoms with Crippen molar-refractivity contribution >= 4 is 0 Å². The van der Waals surface area contributed by atoms with Gasteiger partial charge in [0.05, 0.1) is 0 Å². The molecule has 9 heavy (non-hydrogen) atoms. The molecule has 0 aromatic carbocycles. The van der Waals surface area contributed by atoms with Crippen LogP contribution in [0.3, 0.4) is 0 Å². The van der Waals surface area contributed by atoms with Crippen LogP contribution in [0.4, 0.5) is 0 Å². The summed E-state index contributed by atoms with van der Waals surface area (Å²) in [5.41, 5.74) is 5.48. The standard InChI is InChI=1S/C7H18N2/c1-4-9(5-2)7(3)6-8/h7H,4-6,8H2,1-3H3/t7-/m0/s1. The van der Waals surface area contributed by atoms with E-state index < -0.39 is 0 Å². The van der Waals surface area contributed by atoms with Gasteiger partial charge in [0.25, 0.3) is 0 Å². The van der Waals surface area contributed by atoms with E-state index in [0.29, 0.717) is 6.04 Å². The maximum atomic E-state index is 5.48. The predicted octanol–water partition coefficient (Wildman–Crippen LogP) is 0.675. The van der Waals surface area contributed by atoms with Crippen LogP contribution in [0.1, 0.15) is 20.8 Å². The van der Waals surface area contributed by atoms with Gasteiger partial charge in [-0.1, -0.05) is 13.8 Å². The summed E-state index contributed by atoms with van der Waals surface area (Å²) < 4.78 is 0. The van der Waals surface area contributed by atoms with E-state index >= 15 is 0 Å². The Hall–Kier alpha value is -0.0800. The predicted molar refractivity (Wildman–Crippen MR) is 41.4 cm³/mol. The van der Waals surface area contributed by atoms with Gasteiger partial charge in [-0.2, -0.15) is 0 Å².